The van der Waals surface area contributed by atoms with Gasteiger partial charge in [0.05, 0.1) is 24.0 Å². The summed E-state index contributed by atoms with van der Waals surface area (Å²) < 4.78 is 39.9. The van der Waals surface area contributed by atoms with Gasteiger partial charge in [0.25, 0.3) is 5.56 Å². The Labute approximate surface area is 116 Å². The second-order valence-electron chi connectivity index (χ2n) is 4.32. The molecule has 0 spiro atoms. The molecule has 0 aliphatic carbocycles. The predicted octanol–water partition coefficient (Wildman–Crippen LogP) is 1.35. The Hall–Kier alpha value is -2.58. The molecule has 0 unspecified atom stereocenters. The lowest BCUT2D eigenvalue weighted by molar-refractivity contribution is -0.138. The fraction of sp³-hybridized carbons (Fsp3) is 0.250. The summed E-state index contributed by atoms with van der Waals surface area (Å²) in [5.74, 6) is -1.27. The summed E-state index contributed by atoms with van der Waals surface area (Å²) in [6, 6.07) is 1.47. The fourth-order valence-corrected chi connectivity index (χ4v) is 1.81. The van der Waals surface area contributed by atoms with Crippen molar-refractivity contribution >= 4 is 5.97 Å². The monoisotopic (exact) mass is 301 g/mol. The SMILES string of the molecule is Cn1ncc(C(=O)O)c1Cn1cc(C(F)(F)F)ccc1=O. The number of pyridine rings is 1. The van der Waals surface area contributed by atoms with Gasteiger partial charge in [-0.25, -0.2) is 4.79 Å². The molecule has 0 amide bonds. The van der Waals surface area contributed by atoms with E-state index in [1.807, 2.05) is 0 Å². The summed E-state index contributed by atoms with van der Waals surface area (Å²) in [6.07, 6.45) is -2.85. The highest BCUT2D eigenvalue weighted by Crippen LogP contribution is 2.28. The molecule has 0 fully saturated rings. The number of alkyl halides is 3. The summed E-state index contributed by atoms with van der Waals surface area (Å²) in [5.41, 5.74) is -1.69. The van der Waals surface area contributed by atoms with Crippen LogP contribution in [0.2, 0.25) is 0 Å². The molecule has 2 aromatic rings. The number of halogens is 3. The van der Waals surface area contributed by atoms with E-state index in [2.05, 4.69) is 5.10 Å². The zero-order valence-corrected chi connectivity index (χ0v) is 10.8. The van der Waals surface area contributed by atoms with Gasteiger partial charge >= 0.3 is 12.1 Å². The topological polar surface area (TPSA) is 77.1 Å². The number of carboxylic acids is 1. The van der Waals surface area contributed by atoms with Gasteiger partial charge in [0, 0.05) is 19.3 Å². The summed E-state index contributed by atoms with van der Waals surface area (Å²) in [4.78, 5) is 22.7. The van der Waals surface area contributed by atoms with Gasteiger partial charge in [0.2, 0.25) is 0 Å². The molecular weight excluding hydrogens is 291 g/mol. The van der Waals surface area contributed by atoms with Crippen LogP contribution in [0.1, 0.15) is 21.6 Å². The maximum atomic E-state index is 12.6. The minimum absolute atomic E-state index is 0.129. The van der Waals surface area contributed by atoms with Crippen LogP contribution in [0.25, 0.3) is 0 Å². The van der Waals surface area contributed by atoms with Gasteiger partial charge in [-0.2, -0.15) is 18.3 Å². The normalized spacial score (nSPS) is 11.6. The van der Waals surface area contributed by atoms with E-state index in [0.717, 1.165) is 16.8 Å². The van der Waals surface area contributed by atoms with Crippen LogP contribution in [0, 0.1) is 0 Å². The zero-order chi connectivity index (χ0) is 15.8. The van der Waals surface area contributed by atoms with Crippen molar-refractivity contribution in [3.05, 3.63) is 51.7 Å². The second kappa shape index (κ2) is 5.08. The van der Waals surface area contributed by atoms with E-state index in [1.165, 1.54) is 11.7 Å². The maximum Gasteiger partial charge on any atom is 0.417 e. The number of rotatable bonds is 3. The van der Waals surface area contributed by atoms with Crippen molar-refractivity contribution in [1.82, 2.24) is 14.3 Å². The largest absolute Gasteiger partial charge is 0.478 e. The van der Waals surface area contributed by atoms with Crippen LogP contribution < -0.4 is 5.56 Å². The molecule has 112 valence electrons. The Bertz CT molecular complexity index is 746. The molecule has 9 heteroatoms. The third-order valence-electron chi connectivity index (χ3n) is 2.92. The Morgan fingerprint density at radius 2 is 2.05 bits per heavy atom. The third kappa shape index (κ3) is 2.96. The van der Waals surface area contributed by atoms with Crippen molar-refractivity contribution in [3.8, 4) is 0 Å². The lowest BCUT2D eigenvalue weighted by Gasteiger charge is -2.11. The van der Waals surface area contributed by atoms with Crippen molar-refractivity contribution in [1.29, 1.82) is 0 Å². The van der Waals surface area contributed by atoms with Gasteiger partial charge in [0.1, 0.15) is 5.56 Å². The van der Waals surface area contributed by atoms with Crippen molar-refractivity contribution in [2.45, 2.75) is 12.7 Å². The average molecular weight is 301 g/mol. The Morgan fingerprint density at radius 1 is 1.38 bits per heavy atom. The van der Waals surface area contributed by atoms with Crippen molar-refractivity contribution < 1.29 is 23.1 Å². The molecule has 0 radical (unpaired) electrons. The molecule has 1 N–H and O–H groups in total. The summed E-state index contributed by atoms with van der Waals surface area (Å²) in [7, 11) is 1.44. The predicted molar refractivity (Wildman–Crippen MR) is 65.0 cm³/mol. The highest BCUT2D eigenvalue weighted by atomic mass is 19.4. The van der Waals surface area contributed by atoms with E-state index in [9.17, 15) is 22.8 Å². The number of carbonyl (C=O) groups is 1. The lowest BCUT2D eigenvalue weighted by atomic mass is 10.2. The number of carboxylic acid groups (broad SMARTS) is 1. The molecule has 6 nitrogen and oxygen atoms in total. The molecule has 0 aliphatic heterocycles. The van der Waals surface area contributed by atoms with Crippen molar-refractivity contribution in [2.24, 2.45) is 7.05 Å². The van der Waals surface area contributed by atoms with E-state index in [0.29, 0.717) is 12.3 Å². The number of aromatic carboxylic acids is 1. The Balaban J connectivity index is 2.47. The first kappa shape index (κ1) is 14.8. The van der Waals surface area contributed by atoms with Crippen molar-refractivity contribution in [3.63, 3.8) is 0 Å². The minimum Gasteiger partial charge on any atom is -0.478 e. The minimum atomic E-state index is -4.59. The van der Waals surface area contributed by atoms with Crippen LogP contribution in [-0.4, -0.2) is 25.4 Å². The summed E-state index contributed by atoms with van der Waals surface area (Å²) in [6.45, 7) is -0.319. The first-order valence-electron chi connectivity index (χ1n) is 5.72. The van der Waals surface area contributed by atoms with Gasteiger partial charge < -0.3 is 9.67 Å². The smallest absolute Gasteiger partial charge is 0.417 e. The average Bonchev–Trinajstić information content (AvgIpc) is 2.72. The van der Waals surface area contributed by atoms with Gasteiger partial charge in [-0.3, -0.25) is 9.48 Å². The molecule has 0 bridgehead atoms. The van der Waals surface area contributed by atoms with Gasteiger partial charge in [0.15, 0.2) is 0 Å². The molecule has 21 heavy (non-hydrogen) atoms. The van der Waals surface area contributed by atoms with Gasteiger partial charge in [-0.1, -0.05) is 0 Å². The Kier molecular flexibility index (Phi) is 3.58. The molecule has 0 aliphatic rings. The third-order valence-corrected chi connectivity index (χ3v) is 2.92. The van der Waals surface area contributed by atoms with Crippen LogP contribution in [0.3, 0.4) is 0 Å². The Morgan fingerprint density at radius 3 is 2.62 bits per heavy atom. The molecular formula is C12H10F3N3O3. The standard InChI is InChI=1S/C12H10F3N3O3/c1-17-9(8(4-16-17)11(20)21)6-18-5-7(12(13,14)15)2-3-10(18)19/h2-5H,6H2,1H3,(H,20,21). The lowest BCUT2D eigenvalue weighted by Crippen LogP contribution is -2.23. The molecule has 2 rings (SSSR count). The number of hydrogen-bond donors (Lipinski definition) is 1. The first-order chi connectivity index (χ1) is 9.70. The zero-order valence-electron chi connectivity index (χ0n) is 10.8. The van der Waals surface area contributed by atoms with E-state index in [1.54, 1.807) is 0 Å². The van der Waals surface area contributed by atoms with E-state index in [4.69, 9.17) is 5.11 Å². The van der Waals surface area contributed by atoms with E-state index < -0.39 is 23.3 Å². The van der Waals surface area contributed by atoms with Gasteiger partial charge in [-0.15, -0.1) is 0 Å². The number of nitrogens with zero attached hydrogens (tertiary/aromatic N) is 3. The molecule has 0 atom stereocenters. The van der Waals surface area contributed by atoms with Crippen LogP contribution in [0.15, 0.2) is 29.3 Å². The number of aryl methyl sites for hydroxylation is 1. The molecule has 2 aromatic heterocycles. The van der Waals surface area contributed by atoms with Crippen LogP contribution in [0.5, 0.6) is 0 Å². The van der Waals surface area contributed by atoms with E-state index in [-0.39, 0.29) is 17.8 Å². The summed E-state index contributed by atoms with van der Waals surface area (Å²) in [5, 5.41) is 12.7. The fourth-order valence-electron chi connectivity index (χ4n) is 1.81. The van der Waals surface area contributed by atoms with Crippen LogP contribution in [-0.2, 0) is 19.8 Å². The highest BCUT2D eigenvalue weighted by molar-refractivity contribution is 5.88. The first-order valence-corrected chi connectivity index (χ1v) is 5.72. The van der Waals surface area contributed by atoms with Crippen LogP contribution in [0.4, 0.5) is 13.2 Å². The van der Waals surface area contributed by atoms with Crippen LogP contribution >= 0.6 is 0 Å². The van der Waals surface area contributed by atoms with Gasteiger partial charge in [-0.05, 0) is 6.07 Å². The summed E-state index contributed by atoms with van der Waals surface area (Å²) >= 11 is 0. The quantitative estimate of drug-likeness (QED) is 0.928. The molecule has 0 saturated heterocycles. The maximum absolute atomic E-state index is 12.6. The molecule has 2 heterocycles. The number of hydrogen-bond acceptors (Lipinski definition) is 3. The van der Waals surface area contributed by atoms with E-state index >= 15 is 0 Å². The second-order valence-corrected chi connectivity index (χ2v) is 4.32. The molecule has 0 saturated carbocycles. The molecule has 0 aromatic carbocycles. The number of aromatic nitrogens is 3. The van der Waals surface area contributed by atoms with Crippen molar-refractivity contribution in [2.75, 3.05) is 0 Å². The highest BCUT2D eigenvalue weighted by Gasteiger charge is 2.31.